The van der Waals surface area contributed by atoms with E-state index in [9.17, 15) is 0 Å². The molecule has 0 bridgehead atoms. The van der Waals surface area contributed by atoms with Crippen LogP contribution in [0.15, 0.2) is 16.6 Å². The fourth-order valence-corrected chi connectivity index (χ4v) is 2.09. The topological polar surface area (TPSA) is 18.5 Å². The largest absolute Gasteiger partial charge is 0.495 e. The molecule has 1 aromatic carbocycles. The fraction of sp³-hybridized carbons (Fsp3) is 0.400. The first-order valence-electron chi connectivity index (χ1n) is 4.16. The zero-order valence-electron chi connectivity index (χ0n) is 8.30. The molecule has 1 unspecified atom stereocenters. The number of hydrogen-bond donors (Lipinski definition) is 0. The van der Waals surface area contributed by atoms with Crippen molar-refractivity contribution in [3.63, 3.8) is 0 Å². The maximum Gasteiger partial charge on any atom is 0.141 e. The van der Waals surface area contributed by atoms with E-state index < -0.39 is 0 Å². The maximum atomic E-state index is 6.01. The molecule has 1 rings (SSSR count). The third-order valence-electron chi connectivity index (χ3n) is 1.94. The number of halogens is 2. The summed E-state index contributed by atoms with van der Waals surface area (Å²) in [6, 6.07) is 3.76. The van der Waals surface area contributed by atoms with Crippen LogP contribution in [0.5, 0.6) is 11.5 Å². The van der Waals surface area contributed by atoms with Crippen LogP contribution >= 0.6 is 27.5 Å². The van der Waals surface area contributed by atoms with Gasteiger partial charge in [0.15, 0.2) is 0 Å². The van der Waals surface area contributed by atoms with Gasteiger partial charge in [0.2, 0.25) is 0 Å². The first-order valence-corrected chi connectivity index (χ1v) is 5.39. The van der Waals surface area contributed by atoms with Gasteiger partial charge in [-0.05, 0) is 28.9 Å². The summed E-state index contributed by atoms with van der Waals surface area (Å²) in [6.07, 6.45) is 0. The van der Waals surface area contributed by atoms with Gasteiger partial charge < -0.3 is 9.47 Å². The summed E-state index contributed by atoms with van der Waals surface area (Å²) in [6.45, 7) is 1.90. The number of alkyl halides is 1. The van der Waals surface area contributed by atoms with Gasteiger partial charge in [-0.2, -0.15) is 0 Å². The Kier molecular flexibility index (Phi) is 4.08. The average molecular weight is 280 g/mol. The molecule has 78 valence electrons. The summed E-state index contributed by atoms with van der Waals surface area (Å²) in [5, 5.41) is -0.0906. The summed E-state index contributed by atoms with van der Waals surface area (Å²) in [5.41, 5.74) is 0.946. The van der Waals surface area contributed by atoms with Crippen LogP contribution in [0.25, 0.3) is 0 Å². The van der Waals surface area contributed by atoms with Gasteiger partial charge in [0.05, 0.1) is 19.6 Å². The highest BCUT2D eigenvalue weighted by Crippen LogP contribution is 2.40. The van der Waals surface area contributed by atoms with Crippen LogP contribution in [0.3, 0.4) is 0 Å². The Morgan fingerprint density at radius 3 is 2.36 bits per heavy atom. The van der Waals surface area contributed by atoms with Crippen LogP contribution in [0.1, 0.15) is 17.9 Å². The van der Waals surface area contributed by atoms with Crippen LogP contribution in [-0.2, 0) is 0 Å². The number of hydrogen-bond acceptors (Lipinski definition) is 2. The van der Waals surface area contributed by atoms with Crippen LogP contribution in [0.2, 0.25) is 0 Å². The van der Waals surface area contributed by atoms with Crippen molar-refractivity contribution in [2.75, 3.05) is 14.2 Å². The predicted octanol–water partition coefficient (Wildman–Crippen LogP) is 3.77. The second-order valence-electron chi connectivity index (χ2n) is 2.82. The van der Waals surface area contributed by atoms with E-state index in [1.807, 2.05) is 19.1 Å². The summed E-state index contributed by atoms with van der Waals surface area (Å²) in [4.78, 5) is 0. The zero-order valence-corrected chi connectivity index (χ0v) is 10.6. The van der Waals surface area contributed by atoms with Crippen LogP contribution < -0.4 is 9.47 Å². The van der Waals surface area contributed by atoms with Crippen molar-refractivity contribution >= 4 is 27.5 Å². The third kappa shape index (κ3) is 2.15. The van der Waals surface area contributed by atoms with Gasteiger partial charge >= 0.3 is 0 Å². The molecule has 0 aliphatic carbocycles. The first kappa shape index (κ1) is 11.7. The minimum absolute atomic E-state index is 0.0906. The SMILES string of the molecule is COc1ccc(C(C)Cl)c(OC)c1Br. The van der Waals surface area contributed by atoms with E-state index in [-0.39, 0.29) is 5.38 Å². The molecule has 0 heterocycles. The van der Waals surface area contributed by atoms with E-state index in [1.165, 1.54) is 0 Å². The highest BCUT2D eigenvalue weighted by Gasteiger charge is 2.15. The van der Waals surface area contributed by atoms with E-state index in [0.717, 1.165) is 21.5 Å². The quantitative estimate of drug-likeness (QED) is 0.784. The highest BCUT2D eigenvalue weighted by molar-refractivity contribution is 9.10. The molecule has 0 radical (unpaired) electrons. The number of benzene rings is 1. The molecular weight excluding hydrogens is 267 g/mol. The standard InChI is InChI=1S/C10H12BrClO2/c1-6(12)7-4-5-8(13-2)9(11)10(7)14-3/h4-6H,1-3H3. The lowest BCUT2D eigenvalue weighted by atomic mass is 10.1. The second kappa shape index (κ2) is 4.89. The summed E-state index contributed by atoms with van der Waals surface area (Å²) in [7, 11) is 3.23. The van der Waals surface area contributed by atoms with Gasteiger partial charge in [-0.15, -0.1) is 11.6 Å². The van der Waals surface area contributed by atoms with E-state index >= 15 is 0 Å². The number of methoxy groups -OCH3 is 2. The van der Waals surface area contributed by atoms with E-state index in [2.05, 4.69) is 15.9 Å². The molecule has 0 aliphatic rings. The molecule has 1 aromatic rings. The van der Waals surface area contributed by atoms with Crippen molar-refractivity contribution in [3.8, 4) is 11.5 Å². The Morgan fingerprint density at radius 1 is 1.29 bits per heavy atom. The van der Waals surface area contributed by atoms with Gasteiger partial charge in [-0.1, -0.05) is 6.07 Å². The van der Waals surface area contributed by atoms with Gasteiger partial charge in [0.1, 0.15) is 16.0 Å². The molecule has 0 fully saturated rings. The Hall–Kier alpha value is -0.410. The van der Waals surface area contributed by atoms with Gasteiger partial charge in [-0.25, -0.2) is 0 Å². The van der Waals surface area contributed by atoms with E-state index in [1.54, 1.807) is 14.2 Å². The minimum atomic E-state index is -0.0906. The van der Waals surface area contributed by atoms with Crippen molar-refractivity contribution in [3.05, 3.63) is 22.2 Å². The van der Waals surface area contributed by atoms with E-state index in [0.29, 0.717) is 0 Å². The monoisotopic (exact) mass is 278 g/mol. The number of rotatable bonds is 3. The van der Waals surface area contributed by atoms with E-state index in [4.69, 9.17) is 21.1 Å². The van der Waals surface area contributed by atoms with Gasteiger partial charge in [-0.3, -0.25) is 0 Å². The zero-order chi connectivity index (χ0) is 10.7. The van der Waals surface area contributed by atoms with Gasteiger partial charge in [0.25, 0.3) is 0 Å². The normalized spacial score (nSPS) is 12.4. The molecule has 0 aliphatic heterocycles. The second-order valence-corrected chi connectivity index (χ2v) is 4.27. The maximum absolute atomic E-state index is 6.01. The molecule has 0 N–H and O–H groups in total. The summed E-state index contributed by atoms with van der Waals surface area (Å²) < 4.78 is 11.2. The third-order valence-corrected chi connectivity index (χ3v) is 2.93. The molecule has 1 atom stereocenters. The van der Waals surface area contributed by atoms with Crippen molar-refractivity contribution in [1.29, 1.82) is 0 Å². The Balaban J connectivity index is 3.28. The predicted molar refractivity (Wildman–Crippen MR) is 61.5 cm³/mol. The summed E-state index contributed by atoms with van der Waals surface area (Å²) in [5.74, 6) is 1.47. The molecule has 14 heavy (non-hydrogen) atoms. The number of ether oxygens (including phenoxy) is 2. The van der Waals surface area contributed by atoms with Crippen molar-refractivity contribution < 1.29 is 9.47 Å². The molecular formula is C10H12BrClO2. The van der Waals surface area contributed by atoms with Crippen LogP contribution in [-0.4, -0.2) is 14.2 Å². The van der Waals surface area contributed by atoms with Crippen molar-refractivity contribution in [2.45, 2.75) is 12.3 Å². The fourth-order valence-electron chi connectivity index (χ4n) is 1.23. The molecule has 0 aromatic heterocycles. The molecule has 0 saturated carbocycles. The molecule has 0 saturated heterocycles. The molecule has 4 heteroatoms. The lowest BCUT2D eigenvalue weighted by molar-refractivity contribution is 0.386. The Bertz CT molecular complexity index is 326. The molecule has 0 amide bonds. The minimum Gasteiger partial charge on any atom is -0.495 e. The Morgan fingerprint density at radius 2 is 1.93 bits per heavy atom. The molecule has 0 spiro atoms. The van der Waals surface area contributed by atoms with Crippen LogP contribution in [0.4, 0.5) is 0 Å². The summed E-state index contributed by atoms with van der Waals surface area (Å²) >= 11 is 9.43. The highest BCUT2D eigenvalue weighted by atomic mass is 79.9. The van der Waals surface area contributed by atoms with Crippen molar-refractivity contribution in [1.82, 2.24) is 0 Å². The van der Waals surface area contributed by atoms with Crippen LogP contribution in [0, 0.1) is 0 Å². The average Bonchev–Trinajstić information content (AvgIpc) is 2.17. The van der Waals surface area contributed by atoms with Crippen molar-refractivity contribution in [2.24, 2.45) is 0 Å². The smallest absolute Gasteiger partial charge is 0.141 e. The molecule has 2 nitrogen and oxygen atoms in total. The van der Waals surface area contributed by atoms with Gasteiger partial charge in [0, 0.05) is 5.56 Å². The first-order chi connectivity index (χ1) is 6.61. The Labute approximate surface area is 97.3 Å². The lowest BCUT2D eigenvalue weighted by Gasteiger charge is -2.14. The lowest BCUT2D eigenvalue weighted by Crippen LogP contribution is -1.96.